The zero-order chi connectivity index (χ0) is 15.3. The summed E-state index contributed by atoms with van der Waals surface area (Å²) in [6.45, 7) is 0.678. The molecule has 0 radical (unpaired) electrons. The van der Waals surface area contributed by atoms with E-state index in [4.69, 9.17) is 5.26 Å². The Hall–Kier alpha value is -2.39. The molecule has 21 heavy (non-hydrogen) atoms. The third kappa shape index (κ3) is 4.29. The molecule has 0 bridgehead atoms. The summed E-state index contributed by atoms with van der Waals surface area (Å²) in [5.41, 5.74) is 1.57. The van der Waals surface area contributed by atoms with Gasteiger partial charge in [0.15, 0.2) is 9.84 Å². The summed E-state index contributed by atoms with van der Waals surface area (Å²) in [6, 6.07) is 12.3. The number of hydrogen-bond acceptors (Lipinski definition) is 5. The highest BCUT2D eigenvalue weighted by atomic mass is 32.2. The van der Waals surface area contributed by atoms with Crippen LogP contribution >= 0.6 is 0 Å². The highest BCUT2D eigenvalue weighted by molar-refractivity contribution is 7.90. The molecule has 2 rings (SSSR count). The fraction of sp³-hybridized carbons (Fsp3) is 0.200. The van der Waals surface area contributed by atoms with E-state index in [1.54, 1.807) is 24.3 Å². The SMILES string of the molecule is CS(=O)(=O)c1ccc(CCNc2ccc(C#N)cn2)cc1. The van der Waals surface area contributed by atoms with E-state index in [0.29, 0.717) is 22.8 Å². The van der Waals surface area contributed by atoms with Crippen LogP contribution in [0.25, 0.3) is 0 Å². The lowest BCUT2D eigenvalue weighted by atomic mass is 10.1. The normalized spacial score (nSPS) is 10.9. The summed E-state index contributed by atoms with van der Waals surface area (Å²) in [4.78, 5) is 4.44. The molecule has 0 aliphatic carbocycles. The topological polar surface area (TPSA) is 82.9 Å². The van der Waals surface area contributed by atoms with E-state index in [1.807, 2.05) is 18.2 Å². The van der Waals surface area contributed by atoms with Crippen molar-refractivity contribution in [2.24, 2.45) is 0 Å². The van der Waals surface area contributed by atoms with E-state index in [2.05, 4.69) is 10.3 Å². The van der Waals surface area contributed by atoms with Gasteiger partial charge in [-0.25, -0.2) is 13.4 Å². The van der Waals surface area contributed by atoms with Gasteiger partial charge in [0.05, 0.1) is 10.5 Å². The second-order valence-electron chi connectivity index (χ2n) is 4.64. The van der Waals surface area contributed by atoms with Crippen molar-refractivity contribution in [3.8, 4) is 6.07 Å². The van der Waals surface area contributed by atoms with Crippen LogP contribution in [0.1, 0.15) is 11.1 Å². The Morgan fingerprint density at radius 2 is 1.90 bits per heavy atom. The van der Waals surface area contributed by atoms with E-state index in [9.17, 15) is 8.42 Å². The molecule has 2 aromatic rings. The fourth-order valence-electron chi connectivity index (χ4n) is 1.80. The molecule has 0 fully saturated rings. The summed E-state index contributed by atoms with van der Waals surface area (Å²) in [5, 5.41) is 11.8. The first-order chi connectivity index (χ1) is 9.99. The largest absolute Gasteiger partial charge is 0.370 e. The molecule has 0 unspecified atom stereocenters. The van der Waals surface area contributed by atoms with Crippen molar-refractivity contribution in [1.29, 1.82) is 5.26 Å². The zero-order valence-corrected chi connectivity index (χ0v) is 12.4. The van der Waals surface area contributed by atoms with Gasteiger partial charge in [-0.2, -0.15) is 5.26 Å². The molecule has 0 aliphatic heterocycles. The van der Waals surface area contributed by atoms with Gasteiger partial charge in [-0.3, -0.25) is 0 Å². The van der Waals surface area contributed by atoms with Crippen LogP contribution in [0.3, 0.4) is 0 Å². The minimum Gasteiger partial charge on any atom is -0.370 e. The standard InChI is InChI=1S/C15H15N3O2S/c1-21(19,20)14-5-2-12(3-6-14)8-9-17-15-7-4-13(10-16)11-18-15/h2-7,11H,8-9H2,1H3,(H,17,18). The van der Waals surface area contributed by atoms with Crippen LogP contribution in [-0.4, -0.2) is 26.2 Å². The number of nitrogens with one attached hydrogen (secondary N) is 1. The maximum atomic E-state index is 11.4. The molecule has 0 spiro atoms. The number of anilines is 1. The number of pyridine rings is 1. The van der Waals surface area contributed by atoms with Gasteiger partial charge < -0.3 is 5.32 Å². The molecule has 1 heterocycles. The number of hydrogen-bond donors (Lipinski definition) is 1. The number of sulfone groups is 1. The first-order valence-corrected chi connectivity index (χ1v) is 8.27. The lowest BCUT2D eigenvalue weighted by molar-refractivity contribution is 0.602. The predicted octanol–water partition coefficient (Wildman–Crippen LogP) is 2.01. The Labute approximate surface area is 124 Å². The quantitative estimate of drug-likeness (QED) is 0.913. The zero-order valence-electron chi connectivity index (χ0n) is 11.6. The molecule has 6 heteroatoms. The Bertz CT molecular complexity index is 745. The molecular weight excluding hydrogens is 286 g/mol. The first kappa shape index (κ1) is 15.0. The van der Waals surface area contributed by atoms with Gasteiger partial charge in [-0.05, 0) is 36.2 Å². The van der Waals surface area contributed by atoms with Crippen LogP contribution in [0.15, 0.2) is 47.5 Å². The van der Waals surface area contributed by atoms with Gasteiger partial charge in [0.1, 0.15) is 11.9 Å². The number of rotatable bonds is 5. The minimum atomic E-state index is -3.14. The van der Waals surface area contributed by atoms with E-state index < -0.39 is 9.84 Å². The maximum absolute atomic E-state index is 11.4. The number of nitrogens with zero attached hydrogens (tertiary/aromatic N) is 2. The van der Waals surface area contributed by atoms with Gasteiger partial charge in [0.25, 0.3) is 0 Å². The van der Waals surface area contributed by atoms with Crippen molar-refractivity contribution >= 4 is 15.7 Å². The van der Waals surface area contributed by atoms with Gasteiger partial charge in [0, 0.05) is 19.0 Å². The fourth-order valence-corrected chi connectivity index (χ4v) is 2.43. The van der Waals surface area contributed by atoms with Crippen LogP contribution in [-0.2, 0) is 16.3 Å². The van der Waals surface area contributed by atoms with Crippen molar-refractivity contribution in [1.82, 2.24) is 4.98 Å². The average molecular weight is 301 g/mol. The molecule has 0 atom stereocenters. The van der Waals surface area contributed by atoms with E-state index in [-0.39, 0.29) is 0 Å². The molecular formula is C15H15N3O2S. The molecule has 5 nitrogen and oxygen atoms in total. The second-order valence-corrected chi connectivity index (χ2v) is 6.65. The molecule has 0 aliphatic rings. The summed E-state index contributed by atoms with van der Waals surface area (Å²) in [6.07, 6.45) is 3.47. The van der Waals surface area contributed by atoms with Crippen LogP contribution in [0.4, 0.5) is 5.82 Å². The van der Waals surface area contributed by atoms with E-state index in [1.165, 1.54) is 12.5 Å². The second kappa shape index (κ2) is 6.37. The van der Waals surface area contributed by atoms with Crippen molar-refractivity contribution in [3.05, 3.63) is 53.7 Å². The monoisotopic (exact) mass is 301 g/mol. The molecule has 0 saturated carbocycles. The Kier molecular flexibility index (Phi) is 4.55. The first-order valence-electron chi connectivity index (χ1n) is 6.38. The number of benzene rings is 1. The molecule has 108 valence electrons. The average Bonchev–Trinajstić information content (AvgIpc) is 2.47. The predicted molar refractivity (Wildman–Crippen MR) is 80.7 cm³/mol. The van der Waals surface area contributed by atoms with E-state index >= 15 is 0 Å². The van der Waals surface area contributed by atoms with E-state index in [0.717, 1.165) is 12.0 Å². The molecule has 0 amide bonds. The van der Waals surface area contributed by atoms with Crippen molar-refractivity contribution in [2.45, 2.75) is 11.3 Å². The third-order valence-corrected chi connectivity index (χ3v) is 4.09. The molecule has 0 saturated heterocycles. The van der Waals surface area contributed by atoms with Crippen molar-refractivity contribution in [2.75, 3.05) is 18.1 Å². The molecule has 1 N–H and O–H groups in total. The van der Waals surface area contributed by atoms with Gasteiger partial charge in [-0.1, -0.05) is 12.1 Å². The van der Waals surface area contributed by atoms with Crippen molar-refractivity contribution < 1.29 is 8.42 Å². The Morgan fingerprint density at radius 3 is 2.43 bits per heavy atom. The lowest BCUT2D eigenvalue weighted by Crippen LogP contribution is -2.06. The lowest BCUT2D eigenvalue weighted by Gasteiger charge is -2.06. The minimum absolute atomic E-state index is 0.327. The van der Waals surface area contributed by atoms with Crippen LogP contribution in [0.2, 0.25) is 0 Å². The molecule has 1 aromatic heterocycles. The van der Waals surface area contributed by atoms with Crippen LogP contribution < -0.4 is 5.32 Å². The highest BCUT2D eigenvalue weighted by Gasteiger charge is 2.05. The maximum Gasteiger partial charge on any atom is 0.175 e. The van der Waals surface area contributed by atoms with Crippen LogP contribution in [0.5, 0.6) is 0 Å². The summed E-state index contributed by atoms with van der Waals surface area (Å²) >= 11 is 0. The van der Waals surface area contributed by atoms with Gasteiger partial charge in [-0.15, -0.1) is 0 Å². The van der Waals surface area contributed by atoms with Gasteiger partial charge in [0.2, 0.25) is 0 Å². The summed E-state index contributed by atoms with van der Waals surface area (Å²) in [7, 11) is -3.14. The number of nitriles is 1. The van der Waals surface area contributed by atoms with Crippen LogP contribution in [0, 0.1) is 11.3 Å². The Morgan fingerprint density at radius 1 is 1.19 bits per heavy atom. The summed E-state index contributed by atoms with van der Waals surface area (Å²) in [5.74, 6) is 0.710. The highest BCUT2D eigenvalue weighted by Crippen LogP contribution is 2.11. The summed E-state index contributed by atoms with van der Waals surface area (Å²) < 4.78 is 22.7. The molecule has 1 aromatic carbocycles. The smallest absolute Gasteiger partial charge is 0.175 e. The van der Waals surface area contributed by atoms with Gasteiger partial charge >= 0.3 is 0 Å². The third-order valence-electron chi connectivity index (χ3n) is 2.96. The Balaban J connectivity index is 1.90. The van der Waals surface area contributed by atoms with Crippen molar-refractivity contribution in [3.63, 3.8) is 0 Å². The number of aromatic nitrogens is 1.